The minimum atomic E-state index is -1.43. The van der Waals surface area contributed by atoms with Crippen LogP contribution in [0.2, 0.25) is 0 Å². The number of oxime groups is 1. The minimum Gasteiger partial charge on any atom is -0.459 e. The van der Waals surface area contributed by atoms with Crippen LogP contribution in [0.4, 0.5) is 0 Å². The second kappa shape index (κ2) is 22.6. The van der Waals surface area contributed by atoms with Gasteiger partial charge in [-0.2, -0.15) is 0 Å². The van der Waals surface area contributed by atoms with Gasteiger partial charge in [-0.15, -0.1) is 6.58 Å². The zero-order valence-electron chi connectivity index (χ0n) is 39.6. The zero-order chi connectivity index (χ0) is 47.6. The SMILES string of the molecule is C=CCOC12Oc3ccc(Oc4cccc(C=O)c4)cc3C3C(CCCCO)C(CCCCO)C=C(C(=NOCc4ccccc4)CC1N(Cc1ccc4c(c1)OCO4)C(=O)CCC1CCCC1)C32. The highest BCUT2D eigenvalue weighted by Gasteiger charge is 2.65. The average Bonchev–Trinajstić information content (AvgIpc) is 4.09. The van der Waals surface area contributed by atoms with Crippen molar-refractivity contribution in [3.8, 4) is 28.7 Å². The summed E-state index contributed by atoms with van der Waals surface area (Å²) in [6.07, 6.45) is 15.5. The Labute approximate surface area is 405 Å². The molecule has 0 aromatic heterocycles. The standard InChI is InChI=1S/C57H66N2O10/c1-2-29-66-57-53(59(54(63)26-22-39-13-6-7-14-39)35-41-21-24-51-52(31-41)65-38-64-51)34-49(58-67-37-40-15-4-3-5-16-40)47-32-43(18-8-10-27-60)46(20-9-11-28-61)55(56(47)57)48-33-45(23-25-50(48)69-57)68-44-19-12-17-42(30-44)36-62/h2-5,12,15-17,19,21,23-25,30-33,36,39,43,46,53,55-56,60-61H,1,6-11,13-14,18,20,22,26-29,34-35,37-38H2. The number of ether oxygens (including phenoxy) is 5. The second-order valence-electron chi connectivity index (χ2n) is 19.2. The molecule has 6 unspecified atom stereocenters. The molecular formula is C57H66N2O10. The van der Waals surface area contributed by atoms with Gasteiger partial charge in [0.15, 0.2) is 11.5 Å². The number of hydrogen-bond donors (Lipinski definition) is 2. The van der Waals surface area contributed by atoms with Gasteiger partial charge in [0.05, 0.1) is 18.2 Å². The second-order valence-corrected chi connectivity index (χ2v) is 19.2. The highest BCUT2D eigenvalue weighted by Crippen LogP contribution is 2.62. The first-order valence-electron chi connectivity index (χ1n) is 25.1. The van der Waals surface area contributed by atoms with E-state index in [-0.39, 0.29) is 69.8 Å². The van der Waals surface area contributed by atoms with E-state index in [0.29, 0.717) is 59.5 Å². The van der Waals surface area contributed by atoms with Gasteiger partial charge in [0, 0.05) is 49.6 Å². The first-order valence-corrected chi connectivity index (χ1v) is 25.1. The Morgan fingerprint density at radius 1 is 0.841 bits per heavy atom. The van der Waals surface area contributed by atoms with Gasteiger partial charge in [0.2, 0.25) is 18.5 Å². The van der Waals surface area contributed by atoms with Crippen LogP contribution in [0.15, 0.2) is 120 Å². The van der Waals surface area contributed by atoms with Crippen molar-refractivity contribution in [2.75, 3.05) is 26.6 Å². The monoisotopic (exact) mass is 938 g/mol. The minimum absolute atomic E-state index is 0.00700. The smallest absolute Gasteiger partial charge is 0.239 e. The molecule has 12 nitrogen and oxygen atoms in total. The summed E-state index contributed by atoms with van der Waals surface area (Å²) in [4.78, 5) is 35.5. The third-order valence-corrected chi connectivity index (χ3v) is 14.9. The summed E-state index contributed by atoms with van der Waals surface area (Å²) in [6.45, 7) is 5.09. The molecule has 2 fully saturated rings. The number of carbonyl (C=O) groups is 2. The average molecular weight is 939 g/mol. The van der Waals surface area contributed by atoms with Crippen LogP contribution in [0.25, 0.3) is 0 Å². The fourth-order valence-electron chi connectivity index (χ4n) is 11.6. The third kappa shape index (κ3) is 10.8. The lowest BCUT2D eigenvalue weighted by Crippen LogP contribution is -2.70. The molecule has 1 amide bonds. The van der Waals surface area contributed by atoms with E-state index >= 15 is 4.79 Å². The van der Waals surface area contributed by atoms with Crippen LogP contribution in [-0.4, -0.2) is 71.5 Å². The van der Waals surface area contributed by atoms with Gasteiger partial charge in [-0.05, 0) is 109 Å². The zero-order valence-corrected chi connectivity index (χ0v) is 39.6. The normalized spacial score (nSPS) is 23.9. The molecule has 6 atom stereocenters. The molecule has 9 rings (SSSR count). The quantitative estimate of drug-likeness (QED) is 0.0319. The fourth-order valence-corrected chi connectivity index (χ4v) is 11.6. The van der Waals surface area contributed by atoms with E-state index in [0.717, 1.165) is 79.2 Å². The van der Waals surface area contributed by atoms with Crippen molar-refractivity contribution in [1.29, 1.82) is 0 Å². The molecule has 0 saturated heterocycles. The van der Waals surface area contributed by atoms with E-state index in [2.05, 4.69) is 18.7 Å². The number of carbonyl (C=O) groups excluding carboxylic acids is 2. The Morgan fingerprint density at radius 2 is 1.62 bits per heavy atom. The third-order valence-electron chi connectivity index (χ3n) is 14.9. The number of rotatable bonds is 23. The molecule has 0 radical (unpaired) electrons. The Bertz CT molecular complexity index is 2470. The van der Waals surface area contributed by atoms with Crippen molar-refractivity contribution >= 4 is 17.9 Å². The maximum absolute atomic E-state index is 15.4. The van der Waals surface area contributed by atoms with Crippen LogP contribution in [0.1, 0.15) is 116 Å². The number of hydrogen-bond acceptors (Lipinski definition) is 11. The number of fused-ring (bicyclic) bond motifs is 3. The molecule has 12 heteroatoms. The lowest BCUT2D eigenvalue weighted by molar-refractivity contribution is -0.258. The molecule has 2 heterocycles. The maximum Gasteiger partial charge on any atom is 0.239 e. The van der Waals surface area contributed by atoms with Crippen LogP contribution in [0, 0.1) is 23.7 Å². The molecular weight excluding hydrogens is 873 g/mol. The van der Waals surface area contributed by atoms with Gasteiger partial charge in [0.25, 0.3) is 0 Å². The molecule has 4 aromatic carbocycles. The number of allylic oxidation sites excluding steroid dienone is 1. The summed E-state index contributed by atoms with van der Waals surface area (Å²) < 4.78 is 32.9. The predicted octanol–water partition coefficient (Wildman–Crippen LogP) is 10.9. The molecule has 2 aliphatic heterocycles. The van der Waals surface area contributed by atoms with E-state index < -0.39 is 17.7 Å². The number of aliphatic hydroxyl groups is 2. The number of nitrogens with zero attached hydrogens (tertiary/aromatic N) is 2. The van der Waals surface area contributed by atoms with E-state index in [1.165, 1.54) is 12.8 Å². The number of aliphatic hydroxyl groups excluding tert-OH is 2. The van der Waals surface area contributed by atoms with Gasteiger partial charge in [-0.25, -0.2) is 0 Å². The molecule has 364 valence electrons. The van der Waals surface area contributed by atoms with E-state index in [1.54, 1.807) is 24.3 Å². The molecule has 3 aliphatic carbocycles. The van der Waals surface area contributed by atoms with Crippen LogP contribution >= 0.6 is 0 Å². The van der Waals surface area contributed by atoms with Crippen molar-refractivity contribution in [3.05, 3.63) is 138 Å². The summed E-state index contributed by atoms with van der Waals surface area (Å²) in [7, 11) is 0. The van der Waals surface area contributed by atoms with Crippen LogP contribution < -0.4 is 18.9 Å². The van der Waals surface area contributed by atoms with Crippen molar-refractivity contribution in [2.45, 2.75) is 114 Å². The van der Waals surface area contributed by atoms with Gasteiger partial charge in [-0.3, -0.25) is 9.59 Å². The van der Waals surface area contributed by atoms with E-state index in [4.69, 9.17) is 33.7 Å². The lowest BCUT2D eigenvalue weighted by Gasteiger charge is -2.60. The first-order chi connectivity index (χ1) is 33.9. The highest BCUT2D eigenvalue weighted by molar-refractivity contribution is 6.03. The molecule has 4 aromatic rings. The number of aldehydes is 1. The lowest BCUT2D eigenvalue weighted by atomic mass is 9.55. The van der Waals surface area contributed by atoms with Gasteiger partial charge < -0.3 is 43.6 Å². The van der Waals surface area contributed by atoms with Gasteiger partial charge >= 0.3 is 0 Å². The molecule has 2 N–H and O–H groups in total. The highest BCUT2D eigenvalue weighted by atomic mass is 16.7. The largest absolute Gasteiger partial charge is 0.459 e. The summed E-state index contributed by atoms with van der Waals surface area (Å²) in [5.74, 6) is 1.46. The molecule has 69 heavy (non-hydrogen) atoms. The Hall–Kier alpha value is -5.95. The summed E-state index contributed by atoms with van der Waals surface area (Å²) in [5, 5.41) is 25.2. The molecule has 2 saturated carbocycles. The molecule has 0 bridgehead atoms. The fraction of sp³-hybridized carbons (Fsp3) is 0.456. The molecule has 0 spiro atoms. The van der Waals surface area contributed by atoms with E-state index in [9.17, 15) is 15.0 Å². The maximum atomic E-state index is 15.4. The topological polar surface area (TPSA) is 146 Å². The molecule has 5 aliphatic rings. The predicted molar refractivity (Wildman–Crippen MR) is 262 cm³/mol. The first kappa shape index (κ1) is 48.1. The van der Waals surface area contributed by atoms with Gasteiger partial charge in [0.1, 0.15) is 36.2 Å². The summed E-state index contributed by atoms with van der Waals surface area (Å²) in [6, 6.07) is 28.1. The number of unbranched alkanes of at least 4 members (excludes halogenated alkanes) is 2. The van der Waals surface area contributed by atoms with Crippen LogP contribution in [-0.2, 0) is 27.5 Å². The summed E-state index contributed by atoms with van der Waals surface area (Å²) >= 11 is 0. The summed E-state index contributed by atoms with van der Waals surface area (Å²) in [5.41, 5.74) is 5.00. The van der Waals surface area contributed by atoms with Crippen LogP contribution in [0.3, 0.4) is 0 Å². The Morgan fingerprint density at radius 3 is 2.42 bits per heavy atom. The Balaban J connectivity index is 1.23. The van der Waals surface area contributed by atoms with E-state index in [1.807, 2.05) is 71.6 Å². The van der Waals surface area contributed by atoms with Crippen molar-refractivity contribution in [1.82, 2.24) is 4.90 Å². The number of amides is 1. The Kier molecular flexibility index (Phi) is 15.8. The van der Waals surface area contributed by atoms with Crippen molar-refractivity contribution in [3.63, 3.8) is 0 Å². The van der Waals surface area contributed by atoms with Crippen molar-refractivity contribution < 1.29 is 48.3 Å². The van der Waals surface area contributed by atoms with Crippen molar-refractivity contribution in [2.24, 2.45) is 28.8 Å². The van der Waals surface area contributed by atoms with Gasteiger partial charge in [-0.1, -0.05) is 104 Å². The number of benzene rings is 4. The van der Waals surface area contributed by atoms with Crippen LogP contribution in [0.5, 0.6) is 28.7 Å².